The molecular formula is C8H18N2O4. The van der Waals surface area contributed by atoms with Crippen LogP contribution in [0.15, 0.2) is 0 Å². The number of hydrogen-bond donors (Lipinski definition) is 2. The second-order valence-corrected chi connectivity index (χ2v) is 2.47. The van der Waals surface area contributed by atoms with E-state index in [1.54, 1.807) is 14.2 Å². The van der Waals surface area contributed by atoms with Gasteiger partial charge in [0.1, 0.15) is 6.73 Å². The number of ether oxygens (including phenoxy) is 3. The lowest BCUT2D eigenvalue weighted by molar-refractivity contribution is 0.0641. The highest BCUT2D eigenvalue weighted by Crippen LogP contribution is 1.73. The molecule has 84 valence electrons. The van der Waals surface area contributed by atoms with E-state index in [9.17, 15) is 4.79 Å². The molecule has 0 saturated heterocycles. The second-order valence-electron chi connectivity index (χ2n) is 2.47. The van der Waals surface area contributed by atoms with Crippen molar-refractivity contribution in [3.8, 4) is 0 Å². The van der Waals surface area contributed by atoms with E-state index in [1.165, 1.54) is 0 Å². The highest BCUT2D eigenvalue weighted by Gasteiger charge is 1.96. The Morgan fingerprint density at radius 2 is 1.79 bits per heavy atom. The molecule has 0 aromatic carbocycles. The lowest BCUT2D eigenvalue weighted by Gasteiger charge is -2.07. The van der Waals surface area contributed by atoms with Gasteiger partial charge in [0, 0.05) is 20.8 Å². The fourth-order valence-electron chi connectivity index (χ4n) is 0.660. The average molecular weight is 206 g/mol. The minimum atomic E-state index is -0.264. The van der Waals surface area contributed by atoms with Gasteiger partial charge in [-0.05, 0) is 0 Å². The smallest absolute Gasteiger partial charge is 0.316 e. The van der Waals surface area contributed by atoms with E-state index in [-0.39, 0.29) is 12.8 Å². The van der Waals surface area contributed by atoms with Gasteiger partial charge in [-0.1, -0.05) is 0 Å². The molecule has 0 saturated carbocycles. The Morgan fingerprint density at radius 3 is 2.43 bits per heavy atom. The van der Waals surface area contributed by atoms with Crippen LogP contribution in [0.5, 0.6) is 0 Å². The van der Waals surface area contributed by atoms with Gasteiger partial charge in [0.15, 0.2) is 0 Å². The minimum Gasteiger partial charge on any atom is -0.383 e. The number of rotatable bonds is 8. The Kier molecular flexibility index (Phi) is 9.61. The zero-order chi connectivity index (χ0) is 10.6. The van der Waals surface area contributed by atoms with Gasteiger partial charge >= 0.3 is 6.03 Å². The first kappa shape index (κ1) is 13.2. The number of methoxy groups -OCH3 is 2. The number of hydrogen-bond acceptors (Lipinski definition) is 4. The van der Waals surface area contributed by atoms with Crippen molar-refractivity contribution in [2.45, 2.75) is 0 Å². The lowest BCUT2D eigenvalue weighted by atomic mass is 10.7. The topological polar surface area (TPSA) is 68.8 Å². The maximum absolute atomic E-state index is 11.0. The quantitative estimate of drug-likeness (QED) is 0.417. The summed E-state index contributed by atoms with van der Waals surface area (Å²) in [7, 11) is 3.17. The van der Waals surface area contributed by atoms with E-state index in [1.807, 2.05) is 0 Å². The van der Waals surface area contributed by atoms with Gasteiger partial charge in [-0.2, -0.15) is 0 Å². The molecule has 0 spiro atoms. The molecule has 0 aliphatic heterocycles. The molecule has 0 aromatic rings. The van der Waals surface area contributed by atoms with Crippen molar-refractivity contribution in [2.75, 3.05) is 47.3 Å². The van der Waals surface area contributed by atoms with Crippen molar-refractivity contribution >= 4 is 6.03 Å². The molecule has 2 amide bonds. The highest BCUT2D eigenvalue weighted by atomic mass is 16.5. The van der Waals surface area contributed by atoms with Crippen molar-refractivity contribution in [3.63, 3.8) is 0 Å². The van der Waals surface area contributed by atoms with Gasteiger partial charge in [0.25, 0.3) is 0 Å². The van der Waals surface area contributed by atoms with Crippen molar-refractivity contribution < 1.29 is 19.0 Å². The molecule has 0 heterocycles. The molecule has 0 aliphatic rings. The van der Waals surface area contributed by atoms with Crippen LogP contribution in [0, 0.1) is 0 Å². The first-order valence-corrected chi connectivity index (χ1v) is 4.38. The Bertz CT molecular complexity index is 143. The summed E-state index contributed by atoms with van der Waals surface area (Å²) in [4.78, 5) is 11.0. The summed E-state index contributed by atoms with van der Waals surface area (Å²) in [5, 5.41) is 5.11. The minimum absolute atomic E-state index is 0.183. The Labute approximate surface area is 83.9 Å². The van der Waals surface area contributed by atoms with Crippen LogP contribution in [0.2, 0.25) is 0 Å². The zero-order valence-corrected chi connectivity index (χ0v) is 8.67. The van der Waals surface area contributed by atoms with Crippen LogP contribution in [-0.2, 0) is 14.2 Å². The first-order valence-electron chi connectivity index (χ1n) is 4.38. The molecule has 0 radical (unpaired) electrons. The summed E-state index contributed by atoms with van der Waals surface area (Å²) in [6.07, 6.45) is 0. The summed E-state index contributed by atoms with van der Waals surface area (Å²) in [5.41, 5.74) is 0. The molecule has 0 unspecified atom stereocenters. The molecule has 2 N–H and O–H groups in total. The molecule has 0 bridgehead atoms. The summed E-state index contributed by atoms with van der Waals surface area (Å²) in [5.74, 6) is 0. The summed E-state index contributed by atoms with van der Waals surface area (Å²) >= 11 is 0. The van der Waals surface area contributed by atoms with E-state index in [4.69, 9.17) is 14.2 Å². The third-order valence-electron chi connectivity index (χ3n) is 1.36. The maximum Gasteiger partial charge on any atom is 0.316 e. The number of amides is 2. The van der Waals surface area contributed by atoms with Gasteiger partial charge in [0.05, 0.1) is 19.8 Å². The number of carbonyl (C=O) groups is 1. The predicted octanol–water partition coefficient (Wildman–Crippen LogP) is -0.447. The van der Waals surface area contributed by atoms with Crippen molar-refractivity contribution in [2.24, 2.45) is 0 Å². The number of nitrogens with one attached hydrogen (secondary N) is 2. The van der Waals surface area contributed by atoms with Gasteiger partial charge in [-0.3, -0.25) is 0 Å². The third kappa shape index (κ3) is 9.24. The van der Waals surface area contributed by atoms with Gasteiger partial charge in [-0.25, -0.2) is 4.79 Å². The Morgan fingerprint density at radius 1 is 1.07 bits per heavy atom. The first-order chi connectivity index (χ1) is 6.81. The van der Waals surface area contributed by atoms with E-state index in [0.717, 1.165) is 0 Å². The van der Waals surface area contributed by atoms with Crippen molar-refractivity contribution in [1.29, 1.82) is 0 Å². The molecule has 14 heavy (non-hydrogen) atoms. The third-order valence-corrected chi connectivity index (χ3v) is 1.36. The van der Waals surface area contributed by atoms with Crippen LogP contribution in [0.1, 0.15) is 0 Å². The lowest BCUT2D eigenvalue weighted by Crippen LogP contribution is -2.38. The van der Waals surface area contributed by atoms with E-state index >= 15 is 0 Å². The molecule has 6 nitrogen and oxygen atoms in total. The standard InChI is InChI=1S/C8H18N2O4/c1-12-4-3-9-8(11)10-7-14-6-5-13-2/h3-7H2,1-2H3,(H2,9,10,11). The number of urea groups is 1. The molecule has 6 heteroatoms. The van der Waals surface area contributed by atoms with Crippen LogP contribution >= 0.6 is 0 Å². The van der Waals surface area contributed by atoms with Crippen LogP contribution in [0.25, 0.3) is 0 Å². The van der Waals surface area contributed by atoms with E-state index < -0.39 is 0 Å². The molecule has 0 rings (SSSR count). The van der Waals surface area contributed by atoms with Gasteiger partial charge in [-0.15, -0.1) is 0 Å². The Hall–Kier alpha value is -0.850. The largest absolute Gasteiger partial charge is 0.383 e. The summed E-state index contributed by atoms with van der Waals surface area (Å²) < 4.78 is 14.5. The monoisotopic (exact) mass is 206 g/mol. The molecule has 0 atom stereocenters. The average Bonchev–Trinajstić information content (AvgIpc) is 2.18. The van der Waals surface area contributed by atoms with Gasteiger partial charge < -0.3 is 24.8 Å². The van der Waals surface area contributed by atoms with Crippen LogP contribution in [0.3, 0.4) is 0 Å². The Balaban J connectivity index is 3.10. The van der Waals surface area contributed by atoms with Crippen LogP contribution < -0.4 is 10.6 Å². The SMILES string of the molecule is COCCNC(=O)NCOCCOC. The fourth-order valence-corrected chi connectivity index (χ4v) is 0.660. The molecule has 0 aromatic heterocycles. The van der Waals surface area contributed by atoms with Crippen LogP contribution in [-0.4, -0.2) is 53.3 Å². The van der Waals surface area contributed by atoms with Crippen molar-refractivity contribution in [3.05, 3.63) is 0 Å². The summed E-state index contributed by atoms with van der Waals surface area (Å²) in [6.45, 7) is 2.16. The highest BCUT2D eigenvalue weighted by molar-refractivity contribution is 5.73. The fraction of sp³-hybridized carbons (Fsp3) is 0.875. The number of carbonyl (C=O) groups excluding carboxylic acids is 1. The maximum atomic E-state index is 11.0. The molecule has 0 fully saturated rings. The molecular weight excluding hydrogens is 188 g/mol. The predicted molar refractivity (Wildman–Crippen MR) is 51.1 cm³/mol. The zero-order valence-electron chi connectivity index (χ0n) is 8.67. The normalized spacial score (nSPS) is 9.86. The summed E-state index contributed by atoms with van der Waals surface area (Å²) in [6, 6.07) is -0.264. The van der Waals surface area contributed by atoms with E-state index in [0.29, 0.717) is 26.4 Å². The van der Waals surface area contributed by atoms with Crippen molar-refractivity contribution in [1.82, 2.24) is 10.6 Å². The molecule has 0 aliphatic carbocycles. The second kappa shape index (κ2) is 10.2. The van der Waals surface area contributed by atoms with Crippen LogP contribution in [0.4, 0.5) is 4.79 Å². The van der Waals surface area contributed by atoms with E-state index in [2.05, 4.69) is 10.6 Å². The van der Waals surface area contributed by atoms with Gasteiger partial charge in [0.2, 0.25) is 0 Å².